The highest BCUT2D eigenvalue weighted by molar-refractivity contribution is 7.19. The van der Waals surface area contributed by atoms with E-state index in [-0.39, 0.29) is 16.1 Å². The summed E-state index contributed by atoms with van der Waals surface area (Å²) in [6.45, 7) is 0. The van der Waals surface area contributed by atoms with Gasteiger partial charge in [-0.3, -0.25) is 4.79 Å². The number of amides is 1. The van der Waals surface area contributed by atoms with Gasteiger partial charge >= 0.3 is 0 Å². The fourth-order valence-corrected chi connectivity index (χ4v) is 2.05. The molecule has 1 aromatic carbocycles. The maximum absolute atomic E-state index is 13.1. The van der Waals surface area contributed by atoms with Crippen molar-refractivity contribution in [2.24, 2.45) is 5.73 Å². The van der Waals surface area contributed by atoms with Crippen molar-refractivity contribution in [2.45, 2.75) is 0 Å². The molecule has 0 aliphatic heterocycles. The van der Waals surface area contributed by atoms with Crippen LogP contribution >= 0.6 is 11.3 Å². The quantitative estimate of drug-likeness (QED) is 0.790. The maximum atomic E-state index is 13.1. The van der Waals surface area contributed by atoms with Crippen molar-refractivity contribution < 1.29 is 9.18 Å². The van der Waals surface area contributed by atoms with Gasteiger partial charge in [-0.25, -0.2) is 9.37 Å². The summed E-state index contributed by atoms with van der Waals surface area (Å²) in [4.78, 5) is 14.9. The fourth-order valence-electron chi connectivity index (χ4n) is 1.23. The lowest BCUT2D eigenvalue weighted by Gasteiger charge is -1.96. The van der Waals surface area contributed by atoms with Crippen LogP contribution in [0.15, 0.2) is 12.1 Å². The van der Waals surface area contributed by atoms with Gasteiger partial charge in [-0.2, -0.15) is 5.26 Å². The van der Waals surface area contributed by atoms with Gasteiger partial charge in [0.1, 0.15) is 11.9 Å². The van der Waals surface area contributed by atoms with Crippen LogP contribution in [0.2, 0.25) is 0 Å². The first-order chi connectivity index (χ1) is 7.11. The van der Waals surface area contributed by atoms with Crippen LogP contribution in [-0.2, 0) is 0 Å². The standard InChI is InChI=1S/C9H4FN3OS/c10-4-1-5(9(12)14)8-6(2-4)15-7(3-11)13-8/h1-2H,(H2,12,14). The highest BCUT2D eigenvalue weighted by Gasteiger charge is 2.13. The van der Waals surface area contributed by atoms with Crippen LogP contribution in [0.25, 0.3) is 10.2 Å². The Bertz CT molecular complexity index is 599. The first-order valence-electron chi connectivity index (χ1n) is 3.92. The molecule has 6 heteroatoms. The molecule has 1 amide bonds. The van der Waals surface area contributed by atoms with Crippen LogP contribution in [0.3, 0.4) is 0 Å². The van der Waals surface area contributed by atoms with E-state index in [4.69, 9.17) is 11.0 Å². The Kier molecular flexibility index (Phi) is 2.10. The van der Waals surface area contributed by atoms with Gasteiger partial charge in [0, 0.05) is 0 Å². The van der Waals surface area contributed by atoms with E-state index in [1.807, 2.05) is 6.07 Å². The molecule has 0 saturated heterocycles. The minimum atomic E-state index is -0.755. The van der Waals surface area contributed by atoms with Crippen molar-refractivity contribution >= 4 is 27.5 Å². The van der Waals surface area contributed by atoms with E-state index >= 15 is 0 Å². The van der Waals surface area contributed by atoms with Crippen molar-refractivity contribution in [3.63, 3.8) is 0 Å². The minimum Gasteiger partial charge on any atom is -0.366 e. The molecule has 0 aliphatic carbocycles. The number of thiazole rings is 1. The zero-order valence-corrected chi connectivity index (χ0v) is 8.14. The molecule has 2 N–H and O–H groups in total. The number of halogens is 1. The number of rotatable bonds is 1. The first-order valence-corrected chi connectivity index (χ1v) is 4.73. The minimum absolute atomic E-state index is 0.00255. The number of aromatic nitrogens is 1. The molecule has 0 bridgehead atoms. The predicted molar refractivity (Wildman–Crippen MR) is 52.8 cm³/mol. The van der Waals surface area contributed by atoms with Crippen LogP contribution in [0.1, 0.15) is 15.4 Å². The van der Waals surface area contributed by atoms with Gasteiger partial charge < -0.3 is 5.73 Å². The summed E-state index contributed by atoms with van der Waals surface area (Å²) in [5.74, 6) is -1.32. The second kappa shape index (κ2) is 3.29. The average molecular weight is 221 g/mol. The molecule has 0 unspecified atom stereocenters. The summed E-state index contributed by atoms with van der Waals surface area (Å²) in [5.41, 5.74) is 5.36. The lowest BCUT2D eigenvalue weighted by molar-refractivity contribution is 0.100. The Balaban J connectivity index is 2.85. The second-order valence-electron chi connectivity index (χ2n) is 2.80. The zero-order chi connectivity index (χ0) is 11.0. The number of nitrogens with zero attached hydrogens (tertiary/aromatic N) is 2. The summed E-state index contributed by atoms with van der Waals surface area (Å²) < 4.78 is 13.5. The van der Waals surface area contributed by atoms with Crippen molar-refractivity contribution in [1.82, 2.24) is 4.98 Å². The van der Waals surface area contributed by atoms with E-state index < -0.39 is 11.7 Å². The second-order valence-corrected chi connectivity index (χ2v) is 3.83. The number of primary amides is 1. The number of nitrogens with two attached hydrogens (primary N) is 1. The van der Waals surface area contributed by atoms with Crippen molar-refractivity contribution in [2.75, 3.05) is 0 Å². The zero-order valence-electron chi connectivity index (χ0n) is 7.32. The molecule has 2 rings (SSSR count). The molecular formula is C9H4FN3OS. The van der Waals surface area contributed by atoms with Crippen LogP contribution in [0, 0.1) is 17.1 Å². The van der Waals surface area contributed by atoms with Crippen LogP contribution in [0.4, 0.5) is 4.39 Å². The molecule has 0 aliphatic rings. The first kappa shape index (κ1) is 9.55. The molecule has 0 radical (unpaired) electrons. The Morgan fingerprint density at radius 2 is 2.33 bits per heavy atom. The van der Waals surface area contributed by atoms with E-state index in [1.165, 1.54) is 6.07 Å². The van der Waals surface area contributed by atoms with Crippen molar-refractivity contribution in [3.05, 3.63) is 28.5 Å². The smallest absolute Gasteiger partial charge is 0.251 e. The van der Waals surface area contributed by atoms with Gasteiger partial charge in [-0.1, -0.05) is 0 Å². The van der Waals surface area contributed by atoms with E-state index in [0.29, 0.717) is 4.70 Å². The molecule has 2 aromatic rings. The molecule has 0 saturated carbocycles. The lowest BCUT2D eigenvalue weighted by atomic mass is 10.2. The van der Waals surface area contributed by atoms with Crippen molar-refractivity contribution in [3.8, 4) is 6.07 Å². The molecule has 0 fully saturated rings. The van der Waals surface area contributed by atoms with E-state index in [1.54, 1.807) is 0 Å². The Hall–Kier alpha value is -2.00. The SMILES string of the molecule is N#Cc1nc2c(C(N)=O)cc(F)cc2s1. The topological polar surface area (TPSA) is 79.8 Å². The number of benzene rings is 1. The predicted octanol–water partition coefficient (Wildman–Crippen LogP) is 1.41. The molecular weight excluding hydrogens is 217 g/mol. The van der Waals surface area contributed by atoms with Gasteiger partial charge in [-0.15, -0.1) is 11.3 Å². The summed E-state index contributed by atoms with van der Waals surface area (Å²) in [7, 11) is 0. The summed E-state index contributed by atoms with van der Waals surface area (Å²) >= 11 is 1.02. The summed E-state index contributed by atoms with van der Waals surface area (Å²) in [6.07, 6.45) is 0. The average Bonchev–Trinajstić information content (AvgIpc) is 2.58. The lowest BCUT2D eigenvalue weighted by Crippen LogP contribution is -2.11. The maximum Gasteiger partial charge on any atom is 0.251 e. The molecule has 1 aromatic heterocycles. The Morgan fingerprint density at radius 3 is 2.93 bits per heavy atom. The van der Waals surface area contributed by atoms with Crippen molar-refractivity contribution in [1.29, 1.82) is 5.26 Å². The Labute approximate surface area is 87.8 Å². The van der Waals surface area contributed by atoms with Gasteiger partial charge in [0.2, 0.25) is 0 Å². The van der Waals surface area contributed by atoms with Gasteiger partial charge in [0.05, 0.1) is 15.8 Å². The summed E-state index contributed by atoms with van der Waals surface area (Å²) in [6, 6.07) is 4.08. The number of hydrogen-bond acceptors (Lipinski definition) is 4. The number of nitriles is 1. The molecule has 4 nitrogen and oxygen atoms in total. The van der Waals surface area contributed by atoms with Gasteiger partial charge in [0.25, 0.3) is 5.91 Å². The molecule has 15 heavy (non-hydrogen) atoms. The third-order valence-electron chi connectivity index (χ3n) is 1.82. The molecule has 0 atom stereocenters. The molecule has 1 heterocycles. The highest BCUT2D eigenvalue weighted by Crippen LogP contribution is 2.25. The Morgan fingerprint density at radius 1 is 1.60 bits per heavy atom. The normalized spacial score (nSPS) is 10.1. The molecule has 74 valence electrons. The summed E-state index contributed by atoms with van der Waals surface area (Å²) in [5, 5.41) is 8.80. The van der Waals surface area contributed by atoms with E-state index in [2.05, 4.69) is 4.98 Å². The molecule has 0 spiro atoms. The van der Waals surface area contributed by atoms with Crippen LogP contribution in [0.5, 0.6) is 0 Å². The largest absolute Gasteiger partial charge is 0.366 e. The van der Waals surface area contributed by atoms with Gasteiger partial charge in [-0.05, 0) is 12.1 Å². The highest BCUT2D eigenvalue weighted by atomic mass is 32.1. The number of carbonyl (C=O) groups is 1. The number of carbonyl (C=O) groups excluding carboxylic acids is 1. The number of fused-ring (bicyclic) bond motifs is 1. The third kappa shape index (κ3) is 1.53. The fraction of sp³-hybridized carbons (Fsp3) is 0. The van der Waals surface area contributed by atoms with Gasteiger partial charge in [0.15, 0.2) is 5.01 Å². The van der Waals surface area contributed by atoms with Crippen LogP contribution < -0.4 is 5.73 Å². The van der Waals surface area contributed by atoms with E-state index in [0.717, 1.165) is 17.4 Å². The third-order valence-corrected chi connectivity index (χ3v) is 2.73. The number of hydrogen-bond donors (Lipinski definition) is 1. The monoisotopic (exact) mass is 221 g/mol. The van der Waals surface area contributed by atoms with Crippen LogP contribution in [-0.4, -0.2) is 10.9 Å². The van der Waals surface area contributed by atoms with E-state index in [9.17, 15) is 9.18 Å².